The minimum Gasteiger partial charge on any atom is -0.496 e. The predicted octanol–water partition coefficient (Wildman–Crippen LogP) is 2.22. The molecule has 1 aromatic carbocycles. The molecule has 0 atom stereocenters. The van der Waals surface area contributed by atoms with Crippen LogP contribution < -0.4 is 4.74 Å². The lowest BCUT2D eigenvalue weighted by Gasteiger charge is -2.19. The van der Waals surface area contributed by atoms with Crippen LogP contribution in [0.3, 0.4) is 0 Å². The molecule has 1 aromatic rings. The monoisotopic (exact) mass is 251 g/mol. The van der Waals surface area contributed by atoms with Gasteiger partial charge in [0.05, 0.1) is 13.5 Å². The van der Waals surface area contributed by atoms with Crippen molar-refractivity contribution < 1.29 is 14.6 Å². The van der Waals surface area contributed by atoms with Gasteiger partial charge in [0, 0.05) is 18.7 Å². The molecule has 18 heavy (non-hydrogen) atoms. The average Bonchev–Trinajstić information content (AvgIpc) is 2.29. The molecule has 1 rings (SSSR count). The minimum atomic E-state index is -0.769. The van der Waals surface area contributed by atoms with Gasteiger partial charge in [0.25, 0.3) is 0 Å². The van der Waals surface area contributed by atoms with E-state index in [0.29, 0.717) is 13.1 Å². The molecule has 4 nitrogen and oxygen atoms in total. The Hall–Kier alpha value is -1.55. The van der Waals surface area contributed by atoms with Crippen LogP contribution in [0.25, 0.3) is 0 Å². The number of aliphatic carboxylic acids is 1. The van der Waals surface area contributed by atoms with E-state index < -0.39 is 5.97 Å². The zero-order chi connectivity index (χ0) is 13.7. The van der Waals surface area contributed by atoms with E-state index in [2.05, 4.69) is 13.0 Å². The molecule has 100 valence electrons. The molecular formula is C14H21NO3. The Morgan fingerprint density at radius 2 is 2.06 bits per heavy atom. The second-order valence-corrected chi connectivity index (χ2v) is 4.64. The van der Waals surface area contributed by atoms with E-state index in [4.69, 9.17) is 9.84 Å². The topological polar surface area (TPSA) is 49.8 Å². The largest absolute Gasteiger partial charge is 0.496 e. The summed E-state index contributed by atoms with van der Waals surface area (Å²) >= 11 is 0. The highest BCUT2D eigenvalue weighted by Gasteiger charge is 2.11. The summed E-state index contributed by atoms with van der Waals surface area (Å²) in [6.07, 6.45) is 0.156. The van der Waals surface area contributed by atoms with Crippen LogP contribution in [0.1, 0.15) is 23.1 Å². The molecule has 0 amide bonds. The van der Waals surface area contributed by atoms with Crippen molar-refractivity contribution in [3.05, 3.63) is 28.8 Å². The van der Waals surface area contributed by atoms with Crippen LogP contribution in [0.2, 0.25) is 0 Å². The second-order valence-electron chi connectivity index (χ2n) is 4.64. The maximum atomic E-state index is 10.5. The smallest absolute Gasteiger partial charge is 0.304 e. The van der Waals surface area contributed by atoms with E-state index in [1.807, 2.05) is 24.9 Å². The normalized spacial score (nSPS) is 10.7. The van der Waals surface area contributed by atoms with Gasteiger partial charge in [-0.1, -0.05) is 6.07 Å². The second kappa shape index (κ2) is 6.40. The Kier molecular flexibility index (Phi) is 5.16. The van der Waals surface area contributed by atoms with Crippen molar-refractivity contribution in [2.24, 2.45) is 0 Å². The lowest BCUT2D eigenvalue weighted by Crippen LogP contribution is -2.22. The number of carboxylic acids is 1. The average molecular weight is 251 g/mol. The molecule has 0 heterocycles. The van der Waals surface area contributed by atoms with Crippen molar-refractivity contribution in [2.75, 3.05) is 20.7 Å². The molecule has 0 saturated carbocycles. The maximum absolute atomic E-state index is 10.5. The molecule has 0 aliphatic heterocycles. The van der Waals surface area contributed by atoms with Crippen LogP contribution in [0.5, 0.6) is 5.75 Å². The van der Waals surface area contributed by atoms with Crippen LogP contribution in [0, 0.1) is 13.8 Å². The van der Waals surface area contributed by atoms with Crippen LogP contribution >= 0.6 is 0 Å². The van der Waals surface area contributed by atoms with Gasteiger partial charge < -0.3 is 14.7 Å². The van der Waals surface area contributed by atoms with Crippen molar-refractivity contribution in [1.82, 2.24) is 4.90 Å². The summed E-state index contributed by atoms with van der Waals surface area (Å²) in [4.78, 5) is 12.5. The molecule has 1 N–H and O–H groups in total. The summed E-state index contributed by atoms with van der Waals surface area (Å²) in [5.74, 6) is 0.101. The number of nitrogens with zero attached hydrogens (tertiary/aromatic N) is 1. The highest BCUT2D eigenvalue weighted by Crippen LogP contribution is 2.25. The van der Waals surface area contributed by atoms with Gasteiger partial charge in [-0.3, -0.25) is 4.79 Å². The van der Waals surface area contributed by atoms with E-state index in [9.17, 15) is 4.79 Å². The molecule has 0 aliphatic rings. The zero-order valence-corrected chi connectivity index (χ0v) is 11.5. The van der Waals surface area contributed by atoms with E-state index >= 15 is 0 Å². The molecule has 0 unspecified atom stereocenters. The number of aryl methyl sites for hydroxylation is 2. The highest BCUT2D eigenvalue weighted by molar-refractivity contribution is 5.66. The van der Waals surface area contributed by atoms with Gasteiger partial charge in [0.1, 0.15) is 5.75 Å². The third-order valence-electron chi connectivity index (χ3n) is 2.93. The lowest BCUT2D eigenvalue weighted by molar-refractivity contribution is -0.137. The van der Waals surface area contributed by atoms with Crippen molar-refractivity contribution in [3.63, 3.8) is 0 Å². The predicted molar refractivity (Wildman–Crippen MR) is 71.1 cm³/mol. The lowest BCUT2D eigenvalue weighted by atomic mass is 10.0. The Morgan fingerprint density at radius 1 is 1.39 bits per heavy atom. The van der Waals surface area contributed by atoms with Crippen LogP contribution in [0.15, 0.2) is 12.1 Å². The van der Waals surface area contributed by atoms with Gasteiger partial charge in [-0.15, -0.1) is 0 Å². The first-order chi connectivity index (χ1) is 8.43. The third-order valence-corrected chi connectivity index (χ3v) is 2.93. The van der Waals surface area contributed by atoms with Crippen molar-refractivity contribution in [3.8, 4) is 5.75 Å². The first-order valence-corrected chi connectivity index (χ1v) is 5.98. The summed E-state index contributed by atoms with van der Waals surface area (Å²) in [6, 6.07) is 4.12. The summed E-state index contributed by atoms with van der Waals surface area (Å²) < 4.78 is 5.39. The van der Waals surface area contributed by atoms with Crippen molar-refractivity contribution in [1.29, 1.82) is 0 Å². The molecular weight excluding hydrogens is 230 g/mol. The Balaban J connectivity index is 2.80. The fourth-order valence-corrected chi connectivity index (χ4v) is 1.98. The third kappa shape index (κ3) is 4.04. The summed E-state index contributed by atoms with van der Waals surface area (Å²) in [6.45, 7) is 5.32. The molecule has 0 bridgehead atoms. The summed E-state index contributed by atoms with van der Waals surface area (Å²) in [5, 5.41) is 8.67. The first-order valence-electron chi connectivity index (χ1n) is 5.98. The fourth-order valence-electron chi connectivity index (χ4n) is 1.98. The number of hydrogen-bond acceptors (Lipinski definition) is 3. The highest BCUT2D eigenvalue weighted by atomic mass is 16.5. The number of carbonyl (C=O) groups is 1. The number of rotatable bonds is 6. The summed E-state index contributed by atoms with van der Waals surface area (Å²) in [7, 11) is 3.58. The Labute approximate surface area is 108 Å². The van der Waals surface area contributed by atoms with Gasteiger partial charge in [-0.05, 0) is 38.1 Å². The van der Waals surface area contributed by atoms with Crippen LogP contribution in [-0.2, 0) is 11.3 Å². The molecule has 0 aliphatic carbocycles. The van der Waals surface area contributed by atoms with E-state index in [-0.39, 0.29) is 6.42 Å². The molecule has 0 aromatic heterocycles. The molecule has 0 saturated heterocycles. The molecule has 0 fully saturated rings. The Bertz CT molecular complexity index is 429. The van der Waals surface area contributed by atoms with Crippen LogP contribution in [-0.4, -0.2) is 36.7 Å². The summed E-state index contributed by atoms with van der Waals surface area (Å²) in [5.41, 5.74) is 3.46. The standard InChI is InChI=1S/C14H21NO3/c1-10-7-11(2)12(13(8-10)18-4)9-15(3)6-5-14(16)17/h7-8H,5-6,9H2,1-4H3,(H,16,17). The molecule has 0 radical (unpaired) electrons. The van der Waals surface area contributed by atoms with Crippen molar-refractivity contribution >= 4 is 5.97 Å². The van der Waals surface area contributed by atoms with E-state index in [1.54, 1.807) is 7.11 Å². The fraction of sp³-hybridized carbons (Fsp3) is 0.500. The van der Waals surface area contributed by atoms with Gasteiger partial charge in [-0.25, -0.2) is 0 Å². The molecule has 4 heteroatoms. The Morgan fingerprint density at radius 3 is 2.61 bits per heavy atom. The van der Waals surface area contributed by atoms with Crippen molar-refractivity contribution in [2.45, 2.75) is 26.8 Å². The molecule has 0 spiro atoms. The number of methoxy groups -OCH3 is 1. The van der Waals surface area contributed by atoms with Gasteiger partial charge in [0.15, 0.2) is 0 Å². The van der Waals surface area contributed by atoms with Gasteiger partial charge >= 0.3 is 5.97 Å². The number of ether oxygens (including phenoxy) is 1. The first kappa shape index (κ1) is 14.5. The van der Waals surface area contributed by atoms with Gasteiger partial charge in [-0.2, -0.15) is 0 Å². The van der Waals surface area contributed by atoms with Crippen LogP contribution in [0.4, 0.5) is 0 Å². The zero-order valence-electron chi connectivity index (χ0n) is 11.5. The van der Waals surface area contributed by atoms with E-state index in [0.717, 1.165) is 11.3 Å². The quantitative estimate of drug-likeness (QED) is 0.842. The maximum Gasteiger partial charge on any atom is 0.304 e. The minimum absolute atomic E-state index is 0.156. The SMILES string of the molecule is COc1cc(C)cc(C)c1CN(C)CCC(=O)O. The number of benzene rings is 1. The van der Waals surface area contributed by atoms with Gasteiger partial charge in [0.2, 0.25) is 0 Å². The van der Waals surface area contributed by atoms with E-state index in [1.165, 1.54) is 11.1 Å². The number of carboxylic acid groups (broad SMARTS) is 1. The number of hydrogen-bond donors (Lipinski definition) is 1.